The SMILES string of the molecule is CCOCCCCNCCOc1ccc2c(c1)CCC2. The van der Waals surface area contributed by atoms with E-state index in [0.717, 1.165) is 45.1 Å². The van der Waals surface area contributed by atoms with Gasteiger partial charge < -0.3 is 14.8 Å². The van der Waals surface area contributed by atoms with E-state index in [1.807, 2.05) is 6.92 Å². The summed E-state index contributed by atoms with van der Waals surface area (Å²) in [5.74, 6) is 1.02. The van der Waals surface area contributed by atoms with Crippen molar-refractivity contribution in [2.75, 3.05) is 32.9 Å². The Balaban J connectivity index is 1.51. The number of ether oxygens (including phenoxy) is 2. The lowest BCUT2D eigenvalue weighted by atomic mass is 10.1. The molecule has 0 spiro atoms. The maximum absolute atomic E-state index is 5.79. The van der Waals surface area contributed by atoms with Crippen molar-refractivity contribution in [1.82, 2.24) is 5.32 Å². The van der Waals surface area contributed by atoms with Crippen molar-refractivity contribution in [2.45, 2.75) is 39.0 Å². The fourth-order valence-corrected chi connectivity index (χ4v) is 2.60. The van der Waals surface area contributed by atoms with Crippen LogP contribution in [0.1, 0.15) is 37.3 Å². The van der Waals surface area contributed by atoms with Crippen molar-refractivity contribution in [2.24, 2.45) is 0 Å². The van der Waals surface area contributed by atoms with Crippen LogP contribution in [0.5, 0.6) is 5.75 Å². The molecule has 0 bridgehead atoms. The summed E-state index contributed by atoms with van der Waals surface area (Å²) < 4.78 is 11.1. The minimum absolute atomic E-state index is 0.740. The summed E-state index contributed by atoms with van der Waals surface area (Å²) in [4.78, 5) is 0. The van der Waals surface area contributed by atoms with Crippen molar-refractivity contribution >= 4 is 0 Å². The number of aryl methyl sites for hydroxylation is 2. The first-order valence-electron chi connectivity index (χ1n) is 7.93. The maximum atomic E-state index is 5.79. The van der Waals surface area contributed by atoms with Gasteiger partial charge in [-0.3, -0.25) is 0 Å². The lowest BCUT2D eigenvalue weighted by Crippen LogP contribution is -2.22. The van der Waals surface area contributed by atoms with Gasteiger partial charge in [-0.15, -0.1) is 0 Å². The van der Waals surface area contributed by atoms with Crippen molar-refractivity contribution in [3.63, 3.8) is 0 Å². The normalized spacial score (nSPS) is 13.4. The summed E-state index contributed by atoms with van der Waals surface area (Å²) in [5.41, 5.74) is 2.98. The second kappa shape index (κ2) is 8.98. The fraction of sp³-hybridized carbons (Fsp3) is 0.647. The number of hydrogen-bond acceptors (Lipinski definition) is 3. The molecule has 0 aliphatic heterocycles. The van der Waals surface area contributed by atoms with E-state index < -0.39 is 0 Å². The van der Waals surface area contributed by atoms with Gasteiger partial charge in [0.05, 0.1) is 0 Å². The van der Waals surface area contributed by atoms with Crippen LogP contribution in [0.25, 0.3) is 0 Å². The topological polar surface area (TPSA) is 30.5 Å². The van der Waals surface area contributed by atoms with Crippen LogP contribution >= 0.6 is 0 Å². The average Bonchev–Trinajstić information content (AvgIpc) is 2.93. The van der Waals surface area contributed by atoms with Gasteiger partial charge >= 0.3 is 0 Å². The van der Waals surface area contributed by atoms with Crippen LogP contribution in [0.15, 0.2) is 18.2 Å². The fourth-order valence-electron chi connectivity index (χ4n) is 2.60. The van der Waals surface area contributed by atoms with Gasteiger partial charge in [0.1, 0.15) is 12.4 Å². The van der Waals surface area contributed by atoms with Crippen molar-refractivity contribution in [3.8, 4) is 5.75 Å². The van der Waals surface area contributed by atoms with Crippen molar-refractivity contribution in [3.05, 3.63) is 29.3 Å². The van der Waals surface area contributed by atoms with Crippen LogP contribution in [0, 0.1) is 0 Å². The van der Waals surface area contributed by atoms with Gasteiger partial charge in [-0.25, -0.2) is 0 Å². The predicted molar refractivity (Wildman–Crippen MR) is 82.6 cm³/mol. The number of nitrogens with one attached hydrogen (secondary N) is 1. The van der Waals surface area contributed by atoms with E-state index in [2.05, 4.69) is 23.5 Å². The van der Waals surface area contributed by atoms with Gasteiger partial charge in [-0.05, 0) is 68.8 Å². The highest BCUT2D eigenvalue weighted by Gasteiger charge is 2.10. The standard InChI is InChI=1S/C17H27NO2/c1-2-19-12-4-3-10-18-11-13-20-17-9-8-15-6-5-7-16(15)14-17/h8-9,14,18H,2-7,10-13H2,1H3. The maximum Gasteiger partial charge on any atom is 0.119 e. The summed E-state index contributed by atoms with van der Waals surface area (Å²) in [5, 5.41) is 3.40. The summed E-state index contributed by atoms with van der Waals surface area (Å²) in [6.45, 7) is 6.43. The number of unbranched alkanes of at least 4 members (excludes halogenated alkanes) is 1. The second-order valence-corrected chi connectivity index (χ2v) is 5.29. The molecule has 0 amide bonds. The molecular weight excluding hydrogens is 250 g/mol. The number of fused-ring (bicyclic) bond motifs is 1. The molecule has 1 aromatic rings. The predicted octanol–water partition coefficient (Wildman–Crippen LogP) is 2.96. The zero-order valence-corrected chi connectivity index (χ0v) is 12.6. The number of benzene rings is 1. The Morgan fingerprint density at radius 2 is 1.95 bits per heavy atom. The van der Waals surface area contributed by atoms with Gasteiger partial charge in [0, 0.05) is 19.8 Å². The lowest BCUT2D eigenvalue weighted by molar-refractivity contribution is 0.143. The molecule has 0 unspecified atom stereocenters. The molecule has 0 aromatic heterocycles. The van der Waals surface area contributed by atoms with E-state index in [-0.39, 0.29) is 0 Å². The minimum atomic E-state index is 0.740. The molecule has 112 valence electrons. The highest BCUT2D eigenvalue weighted by Crippen LogP contribution is 2.25. The third-order valence-electron chi connectivity index (χ3n) is 3.71. The molecule has 1 aliphatic rings. The second-order valence-electron chi connectivity index (χ2n) is 5.29. The third kappa shape index (κ3) is 5.14. The quantitative estimate of drug-likeness (QED) is 0.667. The third-order valence-corrected chi connectivity index (χ3v) is 3.71. The molecule has 0 heterocycles. The first-order valence-corrected chi connectivity index (χ1v) is 7.93. The Kier molecular flexibility index (Phi) is 6.89. The molecule has 3 nitrogen and oxygen atoms in total. The molecule has 1 aromatic carbocycles. The molecule has 1 aliphatic carbocycles. The van der Waals surface area contributed by atoms with Gasteiger partial charge in [0.15, 0.2) is 0 Å². The average molecular weight is 277 g/mol. The van der Waals surface area contributed by atoms with Crippen molar-refractivity contribution < 1.29 is 9.47 Å². The van der Waals surface area contributed by atoms with E-state index in [0.29, 0.717) is 0 Å². The van der Waals surface area contributed by atoms with E-state index >= 15 is 0 Å². The molecule has 0 saturated carbocycles. The Bertz CT molecular complexity index is 393. The number of hydrogen-bond donors (Lipinski definition) is 1. The van der Waals surface area contributed by atoms with Gasteiger partial charge in [-0.2, -0.15) is 0 Å². The lowest BCUT2D eigenvalue weighted by Gasteiger charge is -2.09. The molecule has 0 atom stereocenters. The first-order chi connectivity index (χ1) is 9.90. The van der Waals surface area contributed by atoms with E-state index in [1.165, 1.54) is 36.8 Å². The highest BCUT2D eigenvalue weighted by molar-refractivity contribution is 5.38. The van der Waals surface area contributed by atoms with E-state index in [1.54, 1.807) is 0 Å². The zero-order valence-electron chi connectivity index (χ0n) is 12.6. The summed E-state index contributed by atoms with van der Waals surface area (Å²) in [7, 11) is 0. The largest absolute Gasteiger partial charge is 0.492 e. The van der Waals surface area contributed by atoms with Crippen molar-refractivity contribution in [1.29, 1.82) is 0 Å². The molecule has 0 fully saturated rings. The first kappa shape index (κ1) is 15.3. The van der Waals surface area contributed by atoms with E-state index in [4.69, 9.17) is 9.47 Å². The Morgan fingerprint density at radius 3 is 2.85 bits per heavy atom. The van der Waals surface area contributed by atoms with Gasteiger partial charge in [0.25, 0.3) is 0 Å². The van der Waals surface area contributed by atoms with Gasteiger partial charge in [-0.1, -0.05) is 6.07 Å². The summed E-state index contributed by atoms with van der Waals surface area (Å²) >= 11 is 0. The minimum Gasteiger partial charge on any atom is -0.492 e. The van der Waals surface area contributed by atoms with Crippen LogP contribution in [0.2, 0.25) is 0 Å². The molecule has 0 radical (unpaired) electrons. The van der Waals surface area contributed by atoms with Crippen LogP contribution in [-0.2, 0) is 17.6 Å². The van der Waals surface area contributed by atoms with Crippen LogP contribution < -0.4 is 10.1 Å². The Hall–Kier alpha value is -1.06. The highest BCUT2D eigenvalue weighted by atomic mass is 16.5. The smallest absolute Gasteiger partial charge is 0.119 e. The van der Waals surface area contributed by atoms with Crippen LogP contribution in [-0.4, -0.2) is 32.9 Å². The Morgan fingerprint density at radius 1 is 1.05 bits per heavy atom. The molecule has 3 heteroatoms. The Labute approximate surface area is 122 Å². The van der Waals surface area contributed by atoms with Crippen LogP contribution in [0.3, 0.4) is 0 Å². The molecule has 0 saturated heterocycles. The molecule has 2 rings (SSSR count). The van der Waals surface area contributed by atoms with Crippen LogP contribution in [0.4, 0.5) is 0 Å². The number of rotatable bonds is 10. The zero-order chi connectivity index (χ0) is 14.0. The summed E-state index contributed by atoms with van der Waals surface area (Å²) in [6, 6.07) is 6.54. The van der Waals surface area contributed by atoms with Gasteiger partial charge in [0.2, 0.25) is 0 Å². The van der Waals surface area contributed by atoms with E-state index in [9.17, 15) is 0 Å². The molecular formula is C17H27NO2. The molecule has 1 N–H and O–H groups in total. The monoisotopic (exact) mass is 277 g/mol. The summed E-state index contributed by atoms with van der Waals surface area (Å²) in [6.07, 6.45) is 6.04. The molecule has 20 heavy (non-hydrogen) atoms.